The lowest BCUT2D eigenvalue weighted by Gasteiger charge is -2.09. The molecule has 0 unspecified atom stereocenters. The highest BCUT2D eigenvalue weighted by Gasteiger charge is 2.24. The van der Waals surface area contributed by atoms with Gasteiger partial charge in [0.05, 0.1) is 6.61 Å². The molecule has 0 fully saturated rings. The molecule has 0 atom stereocenters. The van der Waals surface area contributed by atoms with Crippen molar-refractivity contribution in [3.8, 4) is 0 Å². The van der Waals surface area contributed by atoms with Gasteiger partial charge in [-0.3, -0.25) is 14.2 Å². The van der Waals surface area contributed by atoms with Gasteiger partial charge in [-0.05, 0) is 51.0 Å². The fourth-order valence-electron chi connectivity index (χ4n) is 2.87. The van der Waals surface area contributed by atoms with E-state index in [1.807, 2.05) is 26.0 Å². The van der Waals surface area contributed by atoms with Gasteiger partial charge in [-0.25, -0.2) is 9.78 Å². The Morgan fingerprint density at radius 1 is 1.21 bits per heavy atom. The molecule has 0 saturated carbocycles. The molecule has 0 bridgehead atoms. The summed E-state index contributed by atoms with van der Waals surface area (Å²) in [7, 11) is 0. The highest BCUT2D eigenvalue weighted by molar-refractivity contribution is 6.03. The number of amides is 1. The Balaban J connectivity index is 1.91. The number of esters is 1. The number of anilines is 1. The number of fused-ring (bicyclic) bond motifs is 1. The first-order chi connectivity index (χ1) is 13.3. The number of carbonyl (C=O) groups excluding carboxylic acids is 2. The van der Waals surface area contributed by atoms with Crippen LogP contribution in [0.4, 0.5) is 5.69 Å². The summed E-state index contributed by atoms with van der Waals surface area (Å²) in [6.07, 6.45) is 1.22. The molecule has 0 aliphatic carbocycles. The minimum Gasteiger partial charge on any atom is -0.462 e. The van der Waals surface area contributed by atoms with E-state index < -0.39 is 11.5 Å². The molecule has 0 saturated heterocycles. The third-order valence-corrected chi connectivity index (χ3v) is 4.44. The number of hydrogen-bond acceptors (Lipinski definition) is 6. The number of nitrogens with one attached hydrogen (secondary N) is 1. The summed E-state index contributed by atoms with van der Waals surface area (Å²) >= 11 is 0. The van der Waals surface area contributed by atoms with Crippen LogP contribution in [0.1, 0.15) is 34.2 Å². The molecule has 1 N–H and O–H groups in total. The van der Waals surface area contributed by atoms with Crippen molar-refractivity contribution in [3.63, 3.8) is 0 Å². The first kappa shape index (κ1) is 19.3. The molecule has 8 nitrogen and oxygen atoms in total. The van der Waals surface area contributed by atoms with E-state index in [2.05, 4.69) is 10.3 Å². The van der Waals surface area contributed by atoms with Gasteiger partial charge in [0.1, 0.15) is 29.6 Å². The Morgan fingerprint density at radius 2 is 1.96 bits per heavy atom. The van der Waals surface area contributed by atoms with Crippen molar-refractivity contribution in [2.24, 2.45) is 0 Å². The van der Waals surface area contributed by atoms with Crippen molar-refractivity contribution in [1.82, 2.24) is 9.55 Å². The SMILES string of the molecule is CCOC(=O)c1c(C)oc2ncn(CC(=O)Nc3ccc(C)c(C)c3)c(=O)c12. The standard InChI is InChI=1S/C20H21N3O5/c1-5-27-20(26)16-13(4)28-18-17(16)19(25)23(10-21-18)9-15(24)22-14-7-6-11(2)12(3)8-14/h6-8,10H,5,9H2,1-4H3,(H,22,24). The second-order valence-electron chi connectivity index (χ2n) is 6.46. The molecule has 3 aromatic rings. The largest absolute Gasteiger partial charge is 0.462 e. The smallest absolute Gasteiger partial charge is 0.342 e. The number of ether oxygens (including phenoxy) is 1. The van der Waals surface area contributed by atoms with E-state index in [9.17, 15) is 14.4 Å². The maximum absolute atomic E-state index is 12.8. The first-order valence-corrected chi connectivity index (χ1v) is 8.84. The molecule has 8 heteroatoms. The Hall–Kier alpha value is -3.42. The van der Waals surface area contributed by atoms with E-state index in [-0.39, 0.29) is 41.5 Å². The molecule has 146 valence electrons. The quantitative estimate of drug-likeness (QED) is 0.680. The summed E-state index contributed by atoms with van der Waals surface area (Å²) < 4.78 is 11.5. The van der Waals surface area contributed by atoms with Crippen LogP contribution < -0.4 is 10.9 Å². The van der Waals surface area contributed by atoms with Crippen LogP contribution in [0, 0.1) is 20.8 Å². The van der Waals surface area contributed by atoms with Gasteiger partial charge in [-0.1, -0.05) is 6.07 Å². The number of rotatable bonds is 5. The van der Waals surface area contributed by atoms with E-state index in [1.54, 1.807) is 19.9 Å². The van der Waals surface area contributed by atoms with Crippen molar-refractivity contribution in [2.45, 2.75) is 34.2 Å². The van der Waals surface area contributed by atoms with E-state index in [4.69, 9.17) is 9.15 Å². The highest BCUT2D eigenvalue weighted by Crippen LogP contribution is 2.21. The molecule has 0 aliphatic heterocycles. The molecule has 2 heterocycles. The van der Waals surface area contributed by atoms with E-state index in [0.29, 0.717) is 5.69 Å². The van der Waals surface area contributed by atoms with Crippen LogP contribution >= 0.6 is 0 Å². The predicted molar refractivity (Wildman–Crippen MR) is 104 cm³/mol. The average molecular weight is 383 g/mol. The molecule has 3 rings (SSSR count). The van der Waals surface area contributed by atoms with Crippen LogP contribution in [0.3, 0.4) is 0 Å². The highest BCUT2D eigenvalue weighted by atomic mass is 16.5. The molecule has 0 spiro atoms. The van der Waals surface area contributed by atoms with Gasteiger partial charge in [-0.15, -0.1) is 0 Å². The zero-order valence-corrected chi connectivity index (χ0v) is 16.2. The number of nitrogens with zero attached hydrogens (tertiary/aromatic N) is 2. The third kappa shape index (κ3) is 3.66. The summed E-state index contributed by atoms with van der Waals surface area (Å²) in [6.45, 7) is 7.08. The van der Waals surface area contributed by atoms with Gasteiger partial charge in [0.2, 0.25) is 11.6 Å². The Kier molecular flexibility index (Phi) is 5.30. The molecule has 28 heavy (non-hydrogen) atoms. The summed E-state index contributed by atoms with van der Waals surface area (Å²) in [4.78, 5) is 41.5. The summed E-state index contributed by atoms with van der Waals surface area (Å²) in [5.41, 5.74) is 2.34. The second kappa shape index (κ2) is 7.67. The second-order valence-corrected chi connectivity index (χ2v) is 6.46. The van der Waals surface area contributed by atoms with Crippen LogP contribution in [0.5, 0.6) is 0 Å². The van der Waals surface area contributed by atoms with Crippen LogP contribution in [-0.2, 0) is 16.1 Å². The van der Waals surface area contributed by atoms with Crippen molar-refractivity contribution in [3.05, 3.63) is 57.3 Å². The molecule has 2 aromatic heterocycles. The molecule has 1 aromatic carbocycles. The van der Waals surface area contributed by atoms with Gasteiger partial charge in [0.15, 0.2) is 0 Å². The number of aromatic nitrogens is 2. The lowest BCUT2D eigenvalue weighted by atomic mass is 10.1. The Bertz CT molecular complexity index is 1130. The van der Waals surface area contributed by atoms with Gasteiger partial charge < -0.3 is 14.5 Å². The molecule has 0 aliphatic rings. The lowest BCUT2D eigenvalue weighted by Crippen LogP contribution is -2.28. The summed E-state index contributed by atoms with van der Waals surface area (Å²) in [5, 5.41) is 2.77. The van der Waals surface area contributed by atoms with Crippen LogP contribution in [0.15, 0.2) is 33.7 Å². The van der Waals surface area contributed by atoms with Gasteiger partial charge in [0.25, 0.3) is 5.56 Å². The van der Waals surface area contributed by atoms with Gasteiger partial charge in [-0.2, -0.15) is 0 Å². The van der Waals surface area contributed by atoms with Crippen LogP contribution in [-0.4, -0.2) is 28.0 Å². The maximum Gasteiger partial charge on any atom is 0.342 e. The lowest BCUT2D eigenvalue weighted by molar-refractivity contribution is -0.116. The Labute approximate surface area is 161 Å². The number of carbonyl (C=O) groups is 2. The van der Waals surface area contributed by atoms with Gasteiger partial charge >= 0.3 is 5.97 Å². The summed E-state index contributed by atoms with van der Waals surface area (Å²) in [6, 6.07) is 5.56. The predicted octanol–water partition coefficient (Wildman–Crippen LogP) is 2.73. The van der Waals surface area contributed by atoms with Crippen molar-refractivity contribution in [2.75, 3.05) is 11.9 Å². The van der Waals surface area contributed by atoms with Gasteiger partial charge in [0, 0.05) is 5.69 Å². The fraction of sp³-hybridized carbons (Fsp3) is 0.300. The van der Waals surface area contributed by atoms with E-state index in [1.165, 1.54) is 6.33 Å². The molecule has 1 amide bonds. The van der Waals surface area contributed by atoms with Crippen LogP contribution in [0.2, 0.25) is 0 Å². The van der Waals surface area contributed by atoms with Crippen molar-refractivity contribution < 1.29 is 18.7 Å². The monoisotopic (exact) mass is 383 g/mol. The average Bonchev–Trinajstić information content (AvgIpc) is 2.98. The third-order valence-electron chi connectivity index (χ3n) is 4.44. The van der Waals surface area contributed by atoms with Crippen molar-refractivity contribution >= 4 is 28.7 Å². The number of hydrogen-bond donors (Lipinski definition) is 1. The number of furan rings is 1. The number of aryl methyl sites for hydroxylation is 3. The normalized spacial score (nSPS) is 10.9. The zero-order valence-electron chi connectivity index (χ0n) is 16.2. The minimum absolute atomic E-state index is 0.0115. The molecular weight excluding hydrogens is 362 g/mol. The van der Waals surface area contributed by atoms with Crippen LogP contribution in [0.25, 0.3) is 11.1 Å². The number of benzene rings is 1. The van der Waals surface area contributed by atoms with E-state index in [0.717, 1.165) is 15.7 Å². The molecular formula is C20H21N3O5. The first-order valence-electron chi connectivity index (χ1n) is 8.84. The minimum atomic E-state index is -0.657. The maximum atomic E-state index is 12.8. The topological polar surface area (TPSA) is 103 Å². The summed E-state index contributed by atoms with van der Waals surface area (Å²) in [5.74, 6) is -0.797. The molecule has 0 radical (unpaired) electrons. The Morgan fingerprint density at radius 3 is 2.64 bits per heavy atom. The zero-order chi connectivity index (χ0) is 20.4. The van der Waals surface area contributed by atoms with E-state index >= 15 is 0 Å². The fourth-order valence-corrected chi connectivity index (χ4v) is 2.87. The van der Waals surface area contributed by atoms with Crippen molar-refractivity contribution in [1.29, 1.82) is 0 Å².